The van der Waals surface area contributed by atoms with Crippen LogP contribution >= 0.6 is 0 Å². The standard InChI is InChI=1S/C16H33N3O2/c1-3-4-5-6-7-8-9-10-11-12-13-14-19(2,15(17)18)16(20)21/h3-14H2,1-2H3,(H3-,17,18,20,21)/p+1. The molecule has 1 unspecified atom stereocenters. The number of unbranched alkanes of at least 4 members (excludes halogenated alkanes) is 10. The lowest BCUT2D eigenvalue weighted by Gasteiger charge is -2.24. The monoisotopic (exact) mass is 300 g/mol. The lowest BCUT2D eigenvalue weighted by atomic mass is 10.1. The number of amides is 1. The Labute approximate surface area is 129 Å². The number of nitrogens with zero attached hydrogens (tertiary/aromatic N) is 1. The first-order chi connectivity index (χ1) is 9.95. The topological polar surface area (TPSA) is 87.2 Å². The van der Waals surface area contributed by atoms with Gasteiger partial charge in [0, 0.05) is 0 Å². The Balaban J connectivity index is 3.51. The molecule has 0 fully saturated rings. The van der Waals surface area contributed by atoms with Crippen LogP contribution < -0.4 is 5.73 Å². The highest BCUT2D eigenvalue weighted by Crippen LogP contribution is 2.12. The smallest absolute Gasteiger partial charge is 0.435 e. The average molecular weight is 300 g/mol. The summed E-state index contributed by atoms with van der Waals surface area (Å²) in [6.07, 6.45) is 12.5. The molecule has 124 valence electrons. The first-order valence-electron chi connectivity index (χ1n) is 8.38. The van der Waals surface area contributed by atoms with Crippen molar-refractivity contribution in [2.45, 2.75) is 77.6 Å². The lowest BCUT2D eigenvalue weighted by Crippen LogP contribution is -2.56. The molecule has 0 aromatic rings. The summed E-state index contributed by atoms with van der Waals surface area (Å²) in [5.74, 6) is -0.297. The summed E-state index contributed by atoms with van der Waals surface area (Å²) in [6.45, 7) is 2.64. The molecule has 1 amide bonds. The van der Waals surface area contributed by atoms with Crippen molar-refractivity contribution < 1.29 is 14.4 Å². The molecule has 0 aromatic carbocycles. The van der Waals surface area contributed by atoms with Crippen molar-refractivity contribution >= 4 is 12.1 Å². The Kier molecular flexibility index (Phi) is 10.9. The van der Waals surface area contributed by atoms with E-state index in [-0.39, 0.29) is 5.96 Å². The Bertz CT molecular complexity index is 292. The summed E-state index contributed by atoms with van der Waals surface area (Å²) in [5.41, 5.74) is 5.38. The van der Waals surface area contributed by atoms with E-state index in [1.165, 1.54) is 58.4 Å². The van der Waals surface area contributed by atoms with E-state index < -0.39 is 10.6 Å². The first-order valence-corrected chi connectivity index (χ1v) is 8.38. The van der Waals surface area contributed by atoms with Gasteiger partial charge >= 0.3 is 12.1 Å². The summed E-state index contributed by atoms with van der Waals surface area (Å²) < 4.78 is -0.489. The third-order valence-corrected chi connectivity index (χ3v) is 4.16. The van der Waals surface area contributed by atoms with Gasteiger partial charge in [-0.15, -0.1) is 0 Å². The molecule has 0 heterocycles. The maximum absolute atomic E-state index is 11.1. The normalized spacial score (nSPS) is 13.8. The number of hydrogen-bond donors (Lipinski definition) is 3. The zero-order valence-corrected chi connectivity index (χ0v) is 13.9. The summed E-state index contributed by atoms with van der Waals surface area (Å²) in [5, 5.41) is 16.5. The van der Waals surface area contributed by atoms with E-state index in [1.54, 1.807) is 0 Å². The van der Waals surface area contributed by atoms with Crippen molar-refractivity contribution in [3.8, 4) is 0 Å². The van der Waals surface area contributed by atoms with Crippen LogP contribution in [0.1, 0.15) is 77.6 Å². The van der Waals surface area contributed by atoms with E-state index >= 15 is 0 Å². The lowest BCUT2D eigenvalue weighted by molar-refractivity contribution is -0.747. The second-order valence-electron chi connectivity index (χ2n) is 6.12. The van der Waals surface area contributed by atoms with Gasteiger partial charge in [-0.25, -0.2) is 5.41 Å². The van der Waals surface area contributed by atoms with Gasteiger partial charge in [-0.2, -0.15) is 9.28 Å². The van der Waals surface area contributed by atoms with E-state index in [1.807, 2.05) is 0 Å². The van der Waals surface area contributed by atoms with Gasteiger partial charge in [0.05, 0.1) is 13.6 Å². The molecule has 0 aliphatic carbocycles. The number of nitrogens with one attached hydrogen (secondary N) is 1. The highest BCUT2D eigenvalue weighted by molar-refractivity contribution is 5.78. The third kappa shape index (κ3) is 8.71. The minimum Gasteiger partial charge on any atom is -0.435 e. The van der Waals surface area contributed by atoms with Crippen LogP contribution in [0.4, 0.5) is 4.79 Å². The van der Waals surface area contributed by atoms with Crippen LogP contribution in [-0.2, 0) is 0 Å². The molecular formula is C16H34N3O2+. The summed E-state index contributed by atoms with van der Waals surface area (Å²) >= 11 is 0. The fourth-order valence-corrected chi connectivity index (χ4v) is 2.41. The predicted molar refractivity (Wildman–Crippen MR) is 87.5 cm³/mol. The average Bonchev–Trinajstić information content (AvgIpc) is 2.44. The van der Waals surface area contributed by atoms with Crippen LogP contribution in [0.5, 0.6) is 0 Å². The molecule has 21 heavy (non-hydrogen) atoms. The van der Waals surface area contributed by atoms with Crippen molar-refractivity contribution in [3.63, 3.8) is 0 Å². The van der Waals surface area contributed by atoms with Gasteiger partial charge in [-0.3, -0.25) is 0 Å². The van der Waals surface area contributed by atoms with Crippen LogP contribution in [0.3, 0.4) is 0 Å². The highest BCUT2D eigenvalue weighted by atomic mass is 16.4. The molecule has 4 N–H and O–H groups in total. The van der Waals surface area contributed by atoms with Gasteiger partial charge in [0.2, 0.25) is 0 Å². The SMILES string of the molecule is CCCCCCCCCCCCC[N+](C)(C(=N)N)C(=O)O. The Morgan fingerprint density at radius 3 is 1.67 bits per heavy atom. The van der Waals surface area contributed by atoms with Crippen molar-refractivity contribution in [2.75, 3.05) is 13.6 Å². The van der Waals surface area contributed by atoms with Gasteiger partial charge in [-0.05, 0) is 12.8 Å². The largest absolute Gasteiger partial charge is 0.521 e. The molecule has 0 aromatic heterocycles. The van der Waals surface area contributed by atoms with E-state index in [9.17, 15) is 4.79 Å². The number of hydrogen-bond acceptors (Lipinski definition) is 2. The Morgan fingerprint density at radius 2 is 1.33 bits per heavy atom. The molecule has 1 atom stereocenters. The second kappa shape index (κ2) is 11.5. The molecule has 0 saturated heterocycles. The fourth-order valence-electron chi connectivity index (χ4n) is 2.41. The fraction of sp³-hybridized carbons (Fsp3) is 0.875. The van der Waals surface area contributed by atoms with Crippen LogP contribution in [-0.4, -0.2) is 35.2 Å². The maximum Gasteiger partial charge on any atom is 0.521 e. The first kappa shape index (κ1) is 19.9. The minimum absolute atomic E-state index is 0.297. The quantitative estimate of drug-likeness (QED) is 0.217. The number of carbonyl (C=O) groups is 1. The molecule has 0 rings (SSSR count). The van der Waals surface area contributed by atoms with Crippen molar-refractivity contribution in [2.24, 2.45) is 5.73 Å². The number of rotatable bonds is 12. The molecule has 0 aliphatic rings. The summed E-state index contributed by atoms with van der Waals surface area (Å²) in [6, 6.07) is 0. The zero-order valence-electron chi connectivity index (χ0n) is 13.9. The van der Waals surface area contributed by atoms with Gasteiger partial charge in [0.1, 0.15) is 0 Å². The molecule has 0 bridgehead atoms. The number of quaternary nitrogens is 1. The molecule has 0 saturated carbocycles. The molecule has 0 spiro atoms. The summed E-state index contributed by atoms with van der Waals surface area (Å²) in [7, 11) is 1.49. The molecule has 0 radical (unpaired) electrons. The number of nitrogens with two attached hydrogens (primary N) is 1. The van der Waals surface area contributed by atoms with Crippen molar-refractivity contribution in [1.29, 1.82) is 5.41 Å². The van der Waals surface area contributed by atoms with E-state index in [4.69, 9.17) is 16.2 Å². The van der Waals surface area contributed by atoms with Crippen LogP contribution in [0.25, 0.3) is 0 Å². The Morgan fingerprint density at radius 1 is 0.952 bits per heavy atom. The van der Waals surface area contributed by atoms with Crippen molar-refractivity contribution in [3.05, 3.63) is 0 Å². The van der Waals surface area contributed by atoms with Gasteiger partial charge in [-0.1, -0.05) is 64.7 Å². The zero-order chi connectivity index (χ0) is 16.1. The number of guanidine groups is 1. The molecule has 5 nitrogen and oxygen atoms in total. The predicted octanol–water partition coefficient (Wildman–Crippen LogP) is 4.32. The number of carboxylic acid groups (broad SMARTS) is 1. The highest BCUT2D eigenvalue weighted by Gasteiger charge is 2.35. The van der Waals surface area contributed by atoms with E-state index in [2.05, 4.69) is 6.92 Å². The maximum atomic E-state index is 11.1. The van der Waals surface area contributed by atoms with Crippen LogP contribution in [0, 0.1) is 5.41 Å². The molecule has 0 aliphatic heterocycles. The molecule has 5 heteroatoms. The van der Waals surface area contributed by atoms with Crippen molar-refractivity contribution in [1.82, 2.24) is 0 Å². The van der Waals surface area contributed by atoms with Gasteiger partial charge in [0.15, 0.2) is 0 Å². The van der Waals surface area contributed by atoms with Gasteiger partial charge in [0.25, 0.3) is 0 Å². The van der Waals surface area contributed by atoms with Crippen LogP contribution in [0.15, 0.2) is 0 Å². The third-order valence-electron chi connectivity index (χ3n) is 4.16. The van der Waals surface area contributed by atoms with Gasteiger partial charge < -0.3 is 10.8 Å². The van der Waals surface area contributed by atoms with E-state index in [0.29, 0.717) is 6.54 Å². The van der Waals surface area contributed by atoms with Crippen LogP contribution in [0.2, 0.25) is 0 Å². The summed E-state index contributed by atoms with van der Waals surface area (Å²) in [4.78, 5) is 11.1. The van der Waals surface area contributed by atoms with E-state index in [0.717, 1.165) is 19.3 Å². The molecular weight excluding hydrogens is 266 g/mol. The Hall–Kier alpha value is -1.10. The second-order valence-corrected chi connectivity index (χ2v) is 6.12. The minimum atomic E-state index is -1.05.